The lowest BCUT2D eigenvalue weighted by Gasteiger charge is -2.01. The van der Waals surface area contributed by atoms with Crippen LogP contribution in [-0.2, 0) is 4.79 Å². The molecule has 8 heavy (non-hydrogen) atoms. The fourth-order valence-corrected chi connectivity index (χ4v) is 0.964. The molecule has 0 bridgehead atoms. The molecule has 0 rings (SSSR count). The van der Waals surface area contributed by atoms with Gasteiger partial charge in [0.15, 0.2) is 5.62 Å². The molecule has 0 amide bonds. The molecular weight excluding hydrogens is 120 g/mol. The van der Waals surface area contributed by atoms with Gasteiger partial charge in [0.2, 0.25) is 0 Å². The van der Waals surface area contributed by atoms with Crippen molar-refractivity contribution < 1.29 is 4.79 Å². The standard InChI is InChI=1S/C6H12OS/c1-3-6(2)4-8-5-7/h5-6H,3-4H2,1-2H3. The zero-order chi connectivity index (χ0) is 6.41. The lowest BCUT2D eigenvalue weighted by molar-refractivity contribution is 0.569. The van der Waals surface area contributed by atoms with Crippen LogP contribution in [0, 0.1) is 5.92 Å². The van der Waals surface area contributed by atoms with E-state index < -0.39 is 0 Å². The van der Waals surface area contributed by atoms with Crippen molar-refractivity contribution >= 4 is 17.4 Å². The second-order valence-electron chi connectivity index (χ2n) is 1.94. The van der Waals surface area contributed by atoms with Gasteiger partial charge in [-0.15, -0.1) is 0 Å². The van der Waals surface area contributed by atoms with E-state index in [-0.39, 0.29) is 0 Å². The minimum absolute atomic E-state index is 0.685. The summed E-state index contributed by atoms with van der Waals surface area (Å²) in [6.45, 7) is 4.28. The van der Waals surface area contributed by atoms with Crippen molar-refractivity contribution in [1.82, 2.24) is 0 Å². The molecule has 0 fully saturated rings. The molecule has 0 aliphatic rings. The average Bonchev–Trinajstić information content (AvgIpc) is 1.83. The summed E-state index contributed by atoms with van der Waals surface area (Å²) in [5.74, 6) is 1.66. The third-order valence-electron chi connectivity index (χ3n) is 1.15. The van der Waals surface area contributed by atoms with Crippen LogP contribution in [0.2, 0.25) is 0 Å². The average molecular weight is 132 g/mol. The van der Waals surface area contributed by atoms with Gasteiger partial charge in [0.25, 0.3) is 0 Å². The number of hydrogen-bond acceptors (Lipinski definition) is 2. The van der Waals surface area contributed by atoms with E-state index >= 15 is 0 Å². The second kappa shape index (κ2) is 5.16. The first-order valence-electron chi connectivity index (χ1n) is 2.86. The van der Waals surface area contributed by atoms with Gasteiger partial charge in [-0.1, -0.05) is 32.0 Å². The van der Waals surface area contributed by atoms with Crippen LogP contribution < -0.4 is 0 Å². The van der Waals surface area contributed by atoms with Crippen molar-refractivity contribution in [2.45, 2.75) is 20.3 Å². The van der Waals surface area contributed by atoms with Crippen molar-refractivity contribution in [2.75, 3.05) is 5.75 Å². The predicted octanol–water partition coefficient (Wildman–Crippen LogP) is 1.96. The molecule has 0 saturated heterocycles. The fraction of sp³-hybridized carbons (Fsp3) is 0.833. The summed E-state index contributed by atoms with van der Waals surface area (Å²) in [5.41, 5.74) is 0.909. The minimum Gasteiger partial charge on any atom is -0.291 e. The van der Waals surface area contributed by atoms with E-state index in [0.29, 0.717) is 5.92 Å². The molecule has 0 saturated carbocycles. The molecule has 0 radical (unpaired) electrons. The molecule has 1 unspecified atom stereocenters. The van der Waals surface area contributed by atoms with Crippen molar-refractivity contribution in [3.05, 3.63) is 0 Å². The number of rotatable bonds is 4. The Hall–Kier alpha value is 0.0200. The number of thioether (sulfide) groups is 1. The summed E-state index contributed by atoms with van der Waals surface area (Å²) < 4.78 is 0. The Morgan fingerprint density at radius 2 is 2.38 bits per heavy atom. The summed E-state index contributed by atoms with van der Waals surface area (Å²) in [6.07, 6.45) is 1.17. The van der Waals surface area contributed by atoms with Gasteiger partial charge in [-0.05, 0) is 5.92 Å². The van der Waals surface area contributed by atoms with Crippen LogP contribution >= 0.6 is 11.8 Å². The molecule has 0 aliphatic carbocycles. The molecule has 0 spiro atoms. The van der Waals surface area contributed by atoms with Crippen LogP contribution in [0.15, 0.2) is 0 Å². The Labute approximate surface area is 54.8 Å². The van der Waals surface area contributed by atoms with E-state index in [1.54, 1.807) is 0 Å². The van der Waals surface area contributed by atoms with Crippen LogP contribution in [0.1, 0.15) is 20.3 Å². The topological polar surface area (TPSA) is 17.1 Å². The van der Waals surface area contributed by atoms with E-state index in [2.05, 4.69) is 13.8 Å². The lowest BCUT2D eigenvalue weighted by atomic mass is 10.2. The highest BCUT2D eigenvalue weighted by atomic mass is 32.2. The third kappa shape index (κ3) is 4.19. The Balaban J connectivity index is 2.97. The first kappa shape index (κ1) is 8.02. The summed E-state index contributed by atoms with van der Waals surface area (Å²) in [4.78, 5) is 9.79. The quantitative estimate of drug-likeness (QED) is 0.544. The van der Waals surface area contributed by atoms with E-state index in [1.807, 2.05) is 0 Å². The fourth-order valence-electron chi connectivity index (χ4n) is 0.321. The molecule has 0 aromatic carbocycles. The largest absolute Gasteiger partial charge is 0.291 e. The number of carbonyl (C=O) groups excluding carboxylic acids is 1. The van der Waals surface area contributed by atoms with Gasteiger partial charge in [-0.25, -0.2) is 0 Å². The van der Waals surface area contributed by atoms with Crippen LogP contribution in [0.5, 0.6) is 0 Å². The normalized spacial score (nSPS) is 13.2. The zero-order valence-corrected chi connectivity index (χ0v) is 6.20. The summed E-state index contributed by atoms with van der Waals surface area (Å²) in [6, 6.07) is 0. The van der Waals surface area contributed by atoms with Crippen molar-refractivity contribution in [1.29, 1.82) is 0 Å². The van der Waals surface area contributed by atoms with Crippen molar-refractivity contribution in [3.63, 3.8) is 0 Å². The van der Waals surface area contributed by atoms with Crippen LogP contribution in [0.25, 0.3) is 0 Å². The summed E-state index contributed by atoms with van der Waals surface area (Å²) in [7, 11) is 0. The summed E-state index contributed by atoms with van der Waals surface area (Å²) in [5, 5.41) is 0. The molecule has 0 aromatic heterocycles. The maximum atomic E-state index is 9.79. The van der Waals surface area contributed by atoms with E-state index in [9.17, 15) is 4.79 Å². The second-order valence-corrected chi connectivity index (χ2v) is 2.80. The van der Waals surface area contributed by atoms with Crippen LogP contribution in [-0.4, -0.2) is 11.4 Å². The van der Waals surface area contributed by atoms with E-state index in [0.717, 1.165) is 11.4 Å². The summed E-state index contributed by atoms with van der Waals surface area (Å²) >= 11 is 1.36. The van der Waals surface area contributed by atoms with Gasteiger partial charge in [0, 0.05) is 5.75 Å². The Bertz CT molecular complexity index is 63.5. The lowest BCUT2D eigenvalue weighted by Crippen LogP contribution is -1.94. The van der Waals surface area contributed by atoms with Gasteiger partial charge >= 0.3 is 0 Å². The smallest absolute Gasteiger partial charge is 0.176 e. The van der Waals surface area contributed by atoms with Crippen molar-refractivity contribution in [2.24, 2.45) is 5.92 Å². The monoisotopic (exact) mass is 132 g/mol. The van der Waals surface area contributed by atoms with Gasteiger partial charge in [-0.3, -0.25) is 4.79 Å². The Morgan fingerprint density at radius 3 is 2.75 bits per heavy atom. The third-order valence-corrected chi connectivity index (χ3v) is 2.04. The molecule has 0 aliphatic heterocycles. The molecule has 1 nitrogen and oxygen atoms in total. The highest BCUT2D eigenvalue weighted by Crippen LogP contribution is 2.07. The Kier molecular flexibility index (Phi) is 5.18. The molecule has 2 heteroatoms. The van der Waals surface area contributed by atoms with Gasteiger partial charge in [0.05, 0.1) is 0 Å². The maximum absolute atomic E-state index is 9.79. The molecule has 0 aromatic rings. The van der Waals surface area contributed by atoms with Gasteiger partial charge in [0.1, 0.15) is 0 Å². The Morgan fingerprint density at radius 1 is 1.75 bits per heavy atom. The first-order chi connectivity index (χ1) is 3.81. The number of hydrogen-bond donors (Lipinski definition) is 0. The molecule has 0 heterocycles. The van der Waals surface area contributed by atoms with E-state index in [4.69, 9.17) is 0 Å². The highest BCUT2D eigenvalue weighted by Gasteiger charge is 1.95. The molecule has 1 atom stereocenters. The molecule has 48 valence electrons. The number of carbonyl (C=O) groups is 1. The van der Waals surface area contributed by atoms with Gasteiger partial charge in [-0.2, -0.15) is 0 Å². The first-order valence-corrected chi connectivity index (χ1v) is 3.91. The van der Waals surface area contributed by atoms with E-state index in [1.165, 1.54) is 18.2 Å². The molecular formula is C6H12OS. The minimum atomic E-state index is 0.685. The van der Waals surface area contributed by atoms with Crippen LogP contribution in [0.3, 0.4) is 0 Å². The highest BCUT2D eigenvalue weighted by molar-refractivity contribution is 8.11. The predicted molar refractivity (Wildman–Crippen MR) is 38.7 cm³/mol. The maximum Gasteiger partial charge on any atom is 0.176 e. The molecule has 0 N–H and O–H groups in total. The van der Waals surface area contributed by atoms with Crippen molar-refractivity contribution in [3.8, 4) is 0 Å². The van der Waals surface area contributed by atoms with Crippen LogP contribution in [0.4, 0.5) is 0 Å². The zero-order valence-electron chi connectivity index (χ0n) is 5.39. The van der Waals surface area contributed by atoms with Gasteiger partial charge < -0.3 is 0 Å². The SMILES string of the molecule is CCC(C)CSC=O.